The maximum absolute atomic E-state index is 12.8. The molecule has 3 rings (SSSR count). The Morgan fingerprint density at radius 1 is 1.22 bits per heavy atom. The Balaban J connectivity index is 2.16. The Bertz CT molecular complexity index is 861. The van der Waals surface area contributed by atoms with Crippen molar-refractivity contribution in [3.05, 3.63) is 40.4 Å². The zero-order valence-corrected chi connectivity index (χ0v) is 13.4. The number of nitrogens with zero attached hydrogens (tertiary/aromatic N) is 2. The second kappa shape index (κ2) is 5.30. The van der Waals surface area contributed by atoms with Crippen LogP contribution in [0.4, 0.5) is 0 Å². The van der Waals surface area contributed by atoms with Gasteiger partial charge in [0, 0.05) is 6.42 Å². The van der Waals surface area contributed by atoms with Crippen LogP contribution in [-0.2, 0) is 15.0 Å². The molecule has 0 bridgehead atoms. The van der Waals surface area contributed by atoms with E-state index in [1.807, 2.05) is 12.1 Å². The topological polar surface area (TPSA) is 81.1 Å². The molecule has 2 amide bonds. The summed E-state index contributed by atoms with van der Waals surface area (Å²) in [7, 11) is 0. The van der Waals surface area contributed by atoms with Gasteiger partial charge < -0.3 is 0 Å². The summed E-state index contributed by atoms with van der Waals surface area (Å²) < 4.78 is 1.33. The van der Waals surface area contributed by atoms with Gasteiger partial charge >= 0.3 is 0 Å². The second-order valence-corrected chi connectivity index (χ2v) is 6.88. The minimum absolute atomic E-state index is 0.139. The van der Waals surface area contributed by atoms with Gasteiger partial charge in [0.2, 0.25) is 11.8 Å². The summed E-state index contributed by atoms with van der Waals surface area (Å²) in [6.45, 7) is 6.19. The standard InChI is InChI=1S/C17H19N3O3/c1-17(2,3)11-6-4-5-10-14(11)18-9-20(16(10)23)12-7-8-13(21)19-15(12)22/h4-6,9,12H,7-8H2,1-3H3,(H,19,21,22). The molecule has 1 aliphatic rings. The summed E-state index contributed by atoms with van der Waals surface area (Å²) in [5.74, 6) is -0.750. The number of rotatable bonds is 1. The van der Waals surface area contributed by atoms with Crippen LogP contribution in [0.3, 0.4) is 0 Å². The highest BCUT2D eigenvalue weighted by Crippen LogP contribution is 2.27. The molecule has 6 nitrogen and oxygen atoms in total. The van der Waals surface area contributed by atoms with Crippen LogP contribution >= 0.6 is 0 Å². The molecule has 0 spiro atoms. The van der Waals surface area contributed by atoms with Crippen LogP contribution < -0.4 is 10.9 Å². The Labute approximate surface area is 133 Å². The van der Waals surface area contributed by atoms with Gasteiger partial charge in [-0.25, -0.2) is 4.98 Å². The molecule has 23 heavy (non-hydrogen) atoms. The quantitative estimate of drug-likeness (QED) is 0.812. The molecule has 120 valence electrons. The number of aromatic nitrogens is 2. The first-order valence-electron chi connectivity index (χ1n) is 7.63. The first-order valence-corrected chi connectivity index (χ1v) is 7.63. The van der Waals surface area contributed by atoms with Gasteiger partial charge in [0.05, 0.1) is 17.2 Å². The maximum atomic E-state index is 12.8. The number of fused-ring (bicyclic) bond motifs is 1. The number of carbonyl (C=O) groups is 2. The van der Waals surface area contributed by atoms with Crippen molar-refractivity contribution in [2.45, 2.75) is 45.1 Å². The molecule has 1 N–H and O–H groups in total. The summed E-state index contributed by atoms with van der Waals surface area (Å²) in [5, 5.41) is 2.76. The van der Waals surface area contributed by atoms with Crippen LogP contribution in [0.15, 0.2) is 29.3 Å². The largest absolute Gasteiger partial charge is 0.295 e. The molecule has 1 aromatic carbocycles. The Hall–Kier alpha value is -2.50. The van der Waals surface area contributed by atoms with E-state index in [0.717, 1.165) is 5.56 Å². The molecular weight excluding hydrogens is 294 g/mol. The molecule has 2 heterocycles. The fourth-order valence-corrected chi connectivity index (χ4v) is 2.94. The van der Waals surface area contributed by atoms with Crippen molar-refractivity contribution in [1.82, 2.24) is 14.9 Å². The average molecular weight is 313 g/mol. The van der Waals surface area contributed by atoms with Crippen LogP contribution in [0.5, 0.6) is 0 Å². The molecule has 0 radical (unpaired) electrons. The highest BCUT2D eigenvalue weighted by atomic mass is 16.2. The third-order valence-corrected chi connectivity index (χ3v) is 4.17. The lowest BCUT2D eigenvalue weighted by atomic mass is 9.85. The highest BCUT2D eigenvalue weighted by molar-refractivity contribution is 5.99. The third-order valence-electron chi connectivity index (χ3n) is 4.17. The van der Waals surface area contributed by atoms with Gasteiger partial charge in [-0.3, -0.25) is 24.3 Å². The van der Waals surface area contributed by atoms with Crippen molar-refractivity contribution in [3.8, 4) is 0 Å². The molecule has 1 aromatic heterocycles. The molecule has 0 saturated carbocycles. The molecular formula is C17H19N3O3. The summed E-state index contributed by atoms with van der Waals surface area (Å²) >= 11 is 0. The predicted octanol–water partition coefficient (Wildman–Crippen LogP) is 1.67. The van der Waals surface area contributed by atoms with E-state index < -0.39 is 11.9 Å². The summed E-state index contributed by atoms with van der Waals surface area (Å²) in [6, 6.07) is 4.84. The second-order valence-electron chi connectivity index (χ2n) is 6.88. The Kier molecular flexibility index (Phi) is 3.55. The number of nitrogens with one attached hydrogen (secondary N) is 1. The number of carbonyl (C=O) groups excluding carboxylic acids is 2. The van der Waals surface area contributed by atoms with E-state index in [0.29, 0.717) is 17.3 Å². The minimum Gasteiger partial charge on any atom is -0.295 e. The van der Waals surface area contributed by atoms with Crippen molar-refractivity contribution in [2.24, 2.45) is 0 Å². The van der Waals surface area contributed by atoms with E-state index >= 15 is 0 Å². The van der Waals surface area contributed by atoms with Gasteiger partial charge in [0.1, 0.15) is 6.04 Å². The highest BCUT2D eigenvalue weighted by Gasteiger charge is 2.29. The van der Waals surface area contributed by atoms with E-state index in [-0.39, 0.29) is 23.3 Å². The fraction of sp³-hybridized carbons (Fsp3) is 0.412. The third kappa shape index (κ3) is 2.65. The van der Waals surface area contributed by atoms with Crippen molar-refractivity contribution < 1.29 is 9.59 Å². The zero-order valence-electron chi connectivity index (χ0n) is 13.4. The van der Waals surface area contributed by atoms with Crippen LogP contribution in [0.25, 0.3) is 10.9 Å². The van der Waals surface area contributed by atoms with Gasteiger partial charge in [-0.05, 0) is 23.5 Å². The summed E-state index contributed by atoms with van der Waals surface area (Å²) in [6.07, 6.45) is 1.96. The van der Waals surface area contributed by atoms with Gasteiger partial charge in [-0.2, -0.15) is 0 Å². The summed E-state index contributed by atoms with van der Waals surface area (Å²) in [4.78, 5) is 40.5. The van der Waals surface area contributed by atoms with E-state index in [1.54, 1.807) is 6.07 Å². The van der Waals surface area contributed by atoms with Gasteiger partial charge in [0.25, 0.3) is 5.56 Å². The van der Waals surface area contributed by atoms with Gasteiger partial charge in [-0.15, -0.1) is 0 Å². The molecule has 6 heteroatoms. The van der Waals surface area contributed by atoms with Crippen LogP contribution in [-0.4, -0.2) is 21.4 Å². The molecule has 2 aromatic rings. The van der Waals surface area contributed by atoms with Crippen molar-refractivity contribution in [2.75, 3.05) is 0 Å². The summed E-state index contributed by atoms with van der Waals surface area (Å²) in [5.41, 5.74) is 1.26. The Morgan fingerprint density at radius 3 is 2.61 bits per heavy atom. The molecule has 0 aliphatic carbocycles. The van der Waals surface area contributed by atoms with E-state index in [2.05, 4.69) is 31.1 Å². The molecule has 1 unspecified atom stereocenters. The Morgan fingerprint density at radius 2 is 1.96 bits per heavy atom. The minimum atomic E-state index is -0.685. The first kappa shape index (κ1) is 15.4. The molecule has 1 atom stereocenters. The van der Waals surface area contributed by atoms with Crippen LogP contribution in [0.2, 0.25) is 0 Å². The number of imide groups is 1. The monoisotopic (exact) mass is 313 g/mol. The lowest BCUT2D eigenvalue weighted by Gasteiger charge is -2.24. The average Bonchev–Trinajstić information content (AvgIpc) is 2.47. The first-order chi connectivity index (χ1) is 10.8. The van der Waals surface area contributed by atoms with E-state index in [9.17, 15) is 14.4 Å². The zero-order chi connectivity index (χ0) is 16.8. The normalized spacial score (nSPS) is 19.0. The number of hydrogen-bond donors (Lipinski definition) is 1. The van der Waals surface area contributed by atoms with Crippen molar-refractivity contribution in [3.63, 3.8) is 0 Å². The smallest absolute Gasteiger partial charge is 0.261 e. The van der Waals surface area contributed by atoms with Crippen LogP contribution in [0, 0.1) is 0 Å². The molecule has 1 saturated heterocycles. The molecule has 1 aliphatic heterocycles. The van der Waals surface area contributed by atoms with Crippen molar-refractivity contribution in [1.29, 1.82) is 0 Å². The van der Waals surface area contributed by atoms with Crippen LogP contribution in [0.1, 0.15) is 45.2 Å². The number of piperidine rings is 1. The number of para-hydroxylation sites is 1. The number of benzene rings is 1. The van der Waals surface area contributed by atoms with E-state index in [4.69, 9.17) is 0 Å². The molecule has 1 fully saturated rings. The number of amides is 2. The van der Waals surface area contributed by atoms with Gasteiger partial charge in [0.15, 0.2) is 0 Å². The predicted molar refractivity (Wildman–Crippen MR) is 86.1 cm³/mol. The lowest BCUT2D eigenvalue weighted by molar-refractivity contribution is -0.135. The number of hydrogen-bond acceptors (Lipinski definition) is 4. The lowest BCUT2D eigenvalue weighted by Crippen LogP contribution is -2.44. The van der Waals surface area contributed by atoms with Gasteiger partial charge in [-0.1, -0.05) is 32.9 Å². The van der Waals surface area contributed by atoms with Crippen molar-refractivity contribution >= 4 is 22.7 Å². The maximum Gasteiger partial charge on any atom is 0.261 e. The fourth-order valence-electron chi connectivity index (χ4n) is 2.94. The van der Waals surface area contributed by atoms with E-state index in [1.165, 1.54) is 10.9 Å². The SMILES string of the molecule is CC(C)(C)c1cccc2c(=O)n(C3CCC(=O)NC3=O)cnc12.